The molecule has 1 aliphatic heterocycles. The van der Waals surface area contributed by atoms with Crippen molar-refractivity contribution in [3.8, 4) is 5.75 Å². The van der Waals surface area contributed by atoms with E-state index in [1.54, 1.807) is 43.0 Å². The van der Waals surface area contributed by atoms with E-state index in [4.69, 9.17) is 15.2 Å². The number of carbonyl (C=O) groups is 3. The number of anilines is 1. The summed E-state index contributed by atoms with van der Waals surface area (Å²) in [4.78, 5) is 36.9. The largest absolute Gasteiger partial charge is 0.484 e. The molecule has 1 unspecified atom stereocenters. The van der Waals surface area contributed by atoms with Crippen LogP contribution in [-0.2, 0) is 19.1 Å². The molecule has 1 fully saturated rings. The number of esters is 1. The van der Waals surface area contributed by atoms with E-state index in [-0.39, 0.29) is 24.4 Å². The van der Waals surface area contributed by atoms with Crippen molar-refractivity contribution in [1.82, 2.24) is 4.90 Å². The average molecular weight is 377 g/mol. The molecule has 1 aromatic rings. The molecule has 2 amide bonds. The number of nitrogens with two attached hydrogens (primary N) is 1. The van der Waals surface area contributed by atoms with Crippen LogP contribution in [0.1, 0.15) is 26.7 Å². The number of nitrogens with zero attached hydrogens (tertiary/aromatic N) is 1. The van der Waals surface area contributed by atoms with Gasteiger partial charge in [-0.25, -0.2) is 0 Å². The highest BCUT2D eigenvalue weighted by Crippen LogP contribution is 2.21. The zero-order valence-electron chi connectivity index (χ0n) is 15.8. The summed E-state index contributed by atoms with van der Waals surface area (Å²) in [6, 6.07) is 6.54. The minimum atomic E-state index is -0.539. The average Bonchev–Trinajstić information content (AvgIpc) is 2.67. The number of ether oxygens (including phenoxy) is 2. The molecule has 0 aliphatic carbocycles. The molecule has 27 heavy (non-hydrogen) atoms. The van der Waals surface area contributed by atoms with E-state index in [1.165, 1.54) is 0 Å². The molecule has 0 bridgehead atoms. The second kappa shape index (κ2) is 9.80. The van der Waals surface area contributed by atoms with Gasteiger partial charge < -0.3 is 25.4 Å². The van der Waals surface area contributed by atoms with E-state index in [0.717, 1.165) is 5.69 Å². The van der Waals surface area contributed by atoms with Crippen LogP contribution in [0.2, 0.25) is 0 Å². The molecule has 1 aliphatic rings. The predicted molar refractivity (Wildman–Crippen MR) is 100 cm³/mol. The van der Waals surface area contributed by atoms with Gasteiger partial charge in [-0.2, -0.15) is 0 Å². The summed E-state index contributed by atoms with van der Waals surface area (Å²) >= 11 is 0. The molecule has 8 heteroatoms. The summed E-state index contributed by atoms with van der Waals surface area (Å²) in [6.07, 6.45) is 1.26. The minimum Gasteiger partial charge on any atom is -0.484 e. The monoisotopic (exact) mass is 377 g/mol. The number of hydrogen-bond acceptors (Lipinski definition) is 6. The van der Waals surface area contributed by atoms with Crippen molar-refractivity contribution in [3.63, 3.8) is 0 Å². The van der Waals surface area contributed by atoms with Crippen molar-refractivity contribution >= 4 is 23.5 Å². The second-order valence-corrected chi connectivity index (χ2v) is 6.50. The van der Waals surface area contributed by atoms with Gasteiger partial charge in [0.1, 0.15) is 11.8 Å². The third-order valence-electron chi connectivity index (χ3n) is 4.42. The van der Waals surface area contributed by atoms with E-state index in [2.05, 4.69) is 5.32 Å². The molecular weight excluding hydrogens is 350 g/mol. The first-order chi connectivity index (χ1) is 12.9. The lowest BCUT2D eigenvalue weighted by Crippen LogP contribution is -2.46. The molecule has 0 spiro atoms. The zero-order valence-corrected chi connectivity index (χ0v) is 15.8. The quantitative estimate of drug-likeness (QED) is 0.658. The molecule has 8 nitrogen and oxygen atoms in total. The number of likely N-dealkylation sites (tertiary alicyclic amines) is 1. The molecule has 0 saturated carbocycles. The summed E-state index contributed by atoms with van der Waals surface area (Å²) in [5.74, 6) is -0.312. The smallest absolute Gasteiger partial charge is 0.309 e. The summed E-state index contributed by atoms with van der Waals surface area (Å²) in [5, 5.41) is 3.16. The topological polar surface area (TPSA) is 111 Å². The van der Waals surface area contributed by atoms with Crippen molar-refractivity contribution in [2.75, 3.05) is 31.6 Å². The number of nitrogens with one attached hydrogen (secondary N) is 1. The molecule has 3 N–H and O–H groups in total. The van der Waals surface area contributed by atoms with E-state index in [0.29, 0.717) is 38.3 Å². The number of benzene rings is 1. The minimum absolute atomic E-state index is 0.00800. The van der Waals surface area contributed by atoms with Crippen LogP contribution in [0.4, 0.5) is 5.69 Å². The van der Waals surface area contributed by atoms with Gasteiger partial charge in [-0.3, -0.25) is 14.4 Å². The van der Waals surface area contributed by atoms with Gasteiger partial charge in [0.05, 0.1) is 12.5 Å². The highest BCUT2D eigenvalue weighted by Gasteiger charge is 2.29. The van der Waals surface area contributed by atoms with Crippen LogP contribution < -0.4 is 15.8 Å². The van der Waals surface area contributed by atoms with Crippen LogP contribution in [0.3, 0.4) is 0 Å². The Morgan fingerprint density at radius 2 is 1.85 bits per heavy atom. The van der Waals surface area contributed by atoms with Crippen molar-refractivity contribution < 1.29 is 23.9 Å². The van der Waals surface area contributed by atoms with Crippen molar-refractivity contribution in [2.24, 2.45) is 11.7 Å². The Morgan fingerprint density at radius 3 is 2.41 bits per heavy atom. The van der Waals surface area contributed by atoms with Crippen LogP contribution in [0.25, 0.3) is 0 Å². The van der Waals surface area contributed by atoms with Crippen molar-refractivity contribution in [3.05, 3.63) is 24.3 Å². The number of primary amides is 1. The Labute approximate surface area is 159 Å². The van der Waals surface area contributed by atoms with Crippen LogP contribution in [0.5, 0.6) is 5.75 Å². The molecule has 0 aromatic heterocycles. The lowest BCUT2D eigenvalue weighted by Gasteiger charge is -2.33. The molecular formula is C19H27N3O5. The summed E-state index contributed by atoms with van der Waals surface area (Å²) in [7, 11) is 0. The number of amides is 2. The number of hydrogen-bond donors (Lipinski definition) is 2. The van der Waals surface area contributed by atoms with E-state index in [1.807, 2.05) is 0 Å². The Bertz CT molecular complexity index is 654. The zero-order chi connectivity index (χ0) is 19.8. The van der Waals surface area contributed by atoms with E-state index >= 15 is 0 Å². The third kappa shape index (κ3) is 6.16. The number of piperidine rings is 1. The summed E-state index contributed by atoms with van der Waals surface area (Å²) < 4.78 is 10.3. The Balaban J connectivity index is 1.82. The molecule has 1 heterocycles. The van der Waals surface area contributed by atoms with Crippen LogP contribution in [0, 0.1) is 5.92 Å². The highest BCUT2D eigenvalue weighted by molar-refractivity contribution is 5.84. The number of rotatable bonds is 8. The third-order valence-corrected chi connectivity index (χ3v) is 4.42. The SMILES string of the molecule is CCOC(=O)C1CCN(C(=O)C(C)Nc2ccc(OCC(N)=O)cc2)CC1. The Hall–Kier alpha value is -2.77. The predicted octanol–water partition coefficient (Wildman–Crippen LogP) is 1.15. The van der Waals surface area contributed by atoms with Gasteiger partial charge in [-0.05, 0) is 51.0 Å². The molecule has 1 aromatic carbocycles. The fourth-order valence-corrected chi connectivity index (χ4v) is 2.98. The standard InChI is InChI=1S/C19H27N3O5/c1-3-26-19(25)14-8-10-22(11-9-14)18(24)13(2)21-15-4-6-16(7-5-15)27-12-17(20)23/h4-7,13-14,21H,3,8-12H2,1-2H3,(H2,20,23). The van der Waals surface area contributed by atoms with Gasteiger partial charge in [0.2, 0.25) is 5.91 Å². The van der Waals surface area contributed by atoms with Crippen LogP contribution in [-0.4, -0.2) is 55.0 Å². The van der Waals surface area contributed by atoms with Gasteiger partial charge in [0.15, 0.2) is 6.61 Å². The molecule has 148 valence electrons. The van der Waals surface area contributed by atoms with Gasteiger partial charge in [-0.1, -0.05) is 0 Å². The van der Waals surface area contributed by atoms with Gasteiger partial charge in [-0.15, -0.1) is 0 Å². The summed E-state index contributed by atoms with van der Waals surface area (Å²) in [5.41, 5.74) is 5.80. The Morgan fingerprint density at radius 1 is 1.22 bits per heavy atom. The maximum atomic E-state index is 12.6. The summed E-state index contributed by atoms with van der Waals surface area (Å²) in [6.45, 7) is 4.90. The van der Waals surface area contributed by atoms with Gasteiger partial charge in [0.25, 0.3) is 5.91 Å². The molecule has 1 atom stereocenters. The fourth-order valence-electron chi connectivity index (χ4n) is 2.98. The van der Waals surface area contributed by atoms with Gasteiger partial charge >= 0.3 is 5.97 Å². The van der Waals surface area contributed by atoms with E-state index < -0.39 is 11.9 Å². The van der Waals surface area contributed by atoms with Crippen molar-refractivity contribution in [2.45, 2.75) is 32.7 Å². The second-order valence-electron chi connectivity index (χ2n) is 6.50. The van der Waals surface area contributed by atoms with Crippen LogP contribution >= 0.6 is 0 Å². The first kappa shape index (κ1) is 20.5. The lowest BCUT2D eigenvalue weighted by molar-refractivity contribution is -0.151. The normalized spacial score (nSPS) is 15.7. The first-order valence-corrected chi connectivity index (χ1v) is 9.13. The maximum absolute atomic E-state index is 12.6. The first-order valence-electron chi connectivity index (χ1n) is 9.13. The van der Waals surface area contributed by atoms with Crippen molar-refractivity contribution in [1.29, 1.82) is 0 Å². The van der Waals surface area contributed by atoms with E-state index in [9.17, 15) is 14.4 Å². The Kier molecular flexibility index (Phi) is 7.45. The maximum Gasteiger partial charge on any atom is 0.309 e. The molecule has 0 radical (unpaired) electrons. The molecule has 2 rings (SSSR count). The lowest BCUT2D eigenvalue weighted by atomic mass is 9.96. The number of carbonyl (C=O) groups excluding carboxylic acids is 3. The highest BCUT2D eigenvalue weighted by atomic mass is 16.5. The van der Waals surface area contributed by atoms with Crippen LogP contribution in [0.15, 0.2) is 24.3 Å². The fraction of sp³-hybridized carbons (Fsp3) is 0.526. The molecule has 1 saturated heterocycles. The van der Waals surface area contributed by atoms with Gasteiger partial charge in [0, 0.05) is 18.8 Å².